The van der Waals surface area contributed by atoms with Gasteiger partial charge in [0.2, 0.25) is 0 Å². The second-order valence-electron chi connectivity index (χ2n) is 3.13. The van der Waals surface area contributed by atoms with E-state index in [-0.39, 0.29) is 0 Å². The van der Waals surface area contributed by atoms with Crippen molar-refractivity contribution in [3.05, 3.63) is 35.9 Å². The van der Waals surface area contributed by atoms with Crippen molar-refractivity contribution in [2.75, 3.05) is 14.2 Å². The van der Waals surface area contributed by atoms with E-state index in [1.165, 1.54) is 0 Å². The SMILES string of the molecule is C=C(C=O)Cc1cc(OC)ccc1OC. The van der Waals surface area contributed by atoms with Gasteiger partial charge in [-0.2, -0.15) is 0 Å². The second kappa shape index (κ2) is 5.20. The zero-order valence-electron chi connectivity index (χ0n) is 8.95. The van der Waals surface area contributed by atoms with Gasteiger partial charge in [-0.25, -0.2) is 0 Å². The molecule has 15 heavy (non-hydrogen) atoms. The van der Waals surface area contributed by atoms with Gasteiger partial charge in [-0.3, -0.25) is 4.79 Å². The average molecular weight is 206 g/mol. The summed E-state index contributed by atoms with van der Waals surface area (Å²) in [5.74, 6) is 1.48. The Bertz CT molecular complexity index is 369. The van der Waals surface area contributed by atoms with E-state index >= 15 is 0 Å². The normalized spacial score (nSPS) is 9.47. The first kappa shape index (κ1) is 11.3. The van der Waals surface area contributed by atoms with Crippen LogP contribution in [0.1, 0.15) is 5.56 Å². The first-order valence-electron chi connectivity index (χ1n) is 4.55. The van der Waals surface area contributed by atoms with Gasteiger partial charge < -0.3 is 9.47 Å². The summed E-state index contributed by atoms with van der Waals surface area (Å²) in [6.07, 6.45) is 1.22. The van der Waals surface area contributed by atoms with Crippen LogP contribution in [0.3, 0.4) is 0 Å². The fourth-order valence-electron chi connectivity index (χ4n) is 1.31. The minimum atomic E-state index is 0.476. The molecule has 3 nitrogen and oxygen atoms in total. The molecule has 0 bridgehead atoms. The molecule has 0 heterocycles. The van der Waals surface area contributed by atoms with Gasteiger partial charge in [-0.05, 0) is 23.8 Å². The zero-order chi connectivity index (χ0) is 11.3. The molecular weight excluding hydrogens is 192 g/mol. The maximum atomic E-state index is 10.5. The Morgan fingerprint density at radius 3 is 2.67 bits per heavy atom. The number of aldehydes is 1. The predicted molar refractivity (Wildman–Crippen MR) is 58.5 cm³/mol. The molecule has 0 spiro atoms. The first-order chi connectivity index (χ1) is 7.21. The molecular formula is C12H14O3. The van der Waals surface area contributed by atoms with Crippen LogP contribution in [0.25, 0.3) is 0 Å². The van der Waals surface area contributed by atoms with Gasteiger partial charge in [0.15, 0.2) is 0 Å². The van der Waals surface area contributed by atoms with Crippen LogP contribution in [0.5, 0.6) is 11.5 Å². The summed E-state index contributed by atoms with van der Waals surface area (Å²) in [6.45, 7) is 3.63. The van der Waals surface area contributed by atoms with Gasteiger partial charge >= 0.3 is 0 Å². The Labute approximate surface area is 89.3 Å². The first-order valence-corrected chi connectivity index (χ1v) is 4.55. The molecule has 1 aromatic carbocycles. The molecule has 0 aliphatic rings. The summed E-state index contributed by atoms with van der Waals surface area (Å²) >= 11 is 0. The van der Waals surface area contributed by atoms with Crippen LogP contribution in [0, 0.1) is 0 Å². The number of hydrogen-bond acceptors (Lipinski definition) is 3. The van der Waals surface area contributed by atoms with Crippen LogP contribution in [0.4, 0.5) is 0 Å². The Balaban J connectivity index is 3.00. The Hall–Kier alpha value is -1.77. The van der Waals surface area contributed by atoms with E-state index in [1.807, 2.05) is 18.2 Å². The number of hydrogen-bond donors (Lipinski definition) is 0. The fourth-order valence-corrected chi connectivity index (χ4v) is 1.31. The second-order valence-corrected chi connectivity index (χ2v) is 3.13. The van der Waals surface area contributed by atoms with Crippen molar-refractivity contribution in [1.29, 1.82) is 0 Å². The molecule has 0 aliphatic heterocycles. The number of ether oxygens (including phenoxy) is 2. The highest BCUT2D eigenvalue weighted by atomic mass is 16.5. The van der Waals surface area contributed by atoms with E-state index in [9.17, 15) is 4.79 Å². The van der Waals surface area contributed by atoms with Crippen LogP contribution >= 0.6 is 0 Å². The number of rotatable bonds is 5. The van der Waals surface area contributed by atoms with Crippen LogP contribution in [0.15, 0.2) is 30.4 Å². The van der Waals surface area contributed by atoms with Crippen LogP contribution in [-0.2, 0) is 11.2 Å². The summed E-state index contributed by atoms with van der Waals surface area (Å²) in [5, 5.41) is 0. The molecule has 0 amide bonds. The predicted octanol–water partition coefficient (Wildman–Crippen LogP) is 2.00. The van der Waals surface area contributed by atoms with Crippen molar-refractivity contribution in [2.24, 2.45) is 0 Å². The third-order valence-electron chi connectivity index (χ3n) is 2.07. The molecule has 80 valence electrons. The van der Waals surface area contributed by atoms with Crippen molar-refractivity contribution < 1.29 is 14.3 Å². The topological polar surface area (TPSA) is 35.5 Å². The van der Waals surface area contributed by atoms with Crippen molar-refractivity contribution >= 4 is 6.29 Å². The Morgan fingerprint density at radius 2 is 2.13 bits per heavy atom. The molecule has 0 saturated carbocycles. The van der Waals surface area contributed by atoms with Crippen molar-refractivity contribution in [3.63, 3.8) is 0 Å². The minimum absolute atomic E-state index is 0.476. The Kier molecular flexibility index (Phi) is 3.92. The van der Waals surface area contributed by atoms with Crippen LogP contribution < -0.4 is 9.47 Å². The molecule has 0 fully saturated rings. The molecule has 0 unspecified atom stereocenters. The lowest BCUT2D eigenvalue weighted by molar-refractivity contribution is -0.104. The quantitative estimate of drug-likeness (QED) is 0.546. The van der Waals surface area contributed by atoms with Gasteiger partial charge in [0.1, 0.15) is 17.8 Å². The summed E-state index contributed by atoms with van der Waals surface area (Å²) in [4.78, 5) is 10.5. The summed E-state index contributed by atoms with van der Waals surface area (Å²) < 4.78 is 10.3. The van der Waals surface area contributed by atoms with E-state index in [0.717, 1.165) is 23.3 Å². The van der Waals surface area contributed by atoms with Gasteiger partial charge in [0.05, 0.1) is 14.2 Å². The summed E-state index contributed by atoms with van der Waals surface area (Å²) in [7, 11) is 3.19. The lowest BCUT2D eigenvalue weighted by Crippen LogP contribution is -1.96. The molecule has 0 radical (unpaired) electrons. The molecule has 0 N–H and O–H groups in total. The molecule has 1 rings (SSSR count). The Morgan fingerprint density at radius 1 is 1.40 bits per heavy atom. The maximum absolute atomic E-state index is 10.5. The number of benzene rings is 1. The van der Waals surface area contributed by atoms with E-state index in [0.29, 0.717) is 12.0 Å². The third-order valence-corrected chi connectivity index (χ3v) is 2.07. The van der Waals surface area contributed by atoms with Gasteiger partial charge in [0, 0.05) is 12.0 Å². The summed E-state index contributed by atoms with van der Waals surface area (Å²) in [5.41, 5.74) is 1.41. The summed E-state index contributed by atoms with van der Waals surface area (Å²) in [6, 6.07) is 5.46. The fraction of sp³-hybridized carbons (Fsp3) is 0.250. The zero-order valence-corrected chi connectivity index (χ0v) is 8.95. The van der Waals surface area contributed by atoms with Gasteiger partial charge in [-0.15, -0.1) is 0 Å². The highest BCUT2D eigenvalue weighted by Gasteiger charge is 2.06. The standard InChI is InChI=1S/C12H14O3/c1-9(8-13)6-10-7-11(14-2)4-5-12(10)15-3/h4-5,7-8H,1,6H2,2-3H3. The third kappa shape index (κ3) is 2.84. The monoisotopic (exact) mass is 206 g/mol. The lowest BCUT2D eigenvalue weighted by atomic mass is 10.1. The van der Waals surface area contributed by atoms with Crippen LogP contribution in [0.2, 0.25) is 0 Å². The smallest absolute Gasteiger partial charge is 0.145 e. The largest absolute Gasteiger partial charge is 0.497 e. The van der Waals surface area contributed by atoms with Crippen molar-refractivity contribution in [2.45, 2.75) is 6.42 Å². The van der Waals surface area contributed by atoms with Gasteiger partial charge in [-0.1, -0.05) is 6.58 Å². The molecule has 3 heteroatoms. The molecule has 0 aliphatic carbocycles. The lowest BCUT2D eigenvalue weighted by Gasteiger charge is -2.09. The maximum Gasteiger partial charge on any atom is 0.145 e. The minimum Gasteiger partial charge on any atom is -0.497 e. The molecule has 0 atom stereocenters. The van der Waals surface area contributed by atoms with E-state index in [2.05, 4.69) is 6.58 Å². The van der Waals surface area contributed by atoms with E-state index in [1.54, 1.807) is 14.2 Å². The number of allylic oxidation sites excluding steroid dienone is 1. The van der Waals surface area contributed by atoms with Crippen molar-refractivity contribution in [3.8, 4) is 11.5 Å². The highest BCUT2D eigenvalue weighted by molar-refractivity contribution is 5.73. The van der Waals surface area contributed by atoms with E-state index in [4.69, 9.17) is 9.47 Å². The number of carbonyl (C=O) groups is 1. The number of methoxy groups -OCH3 is 2. The van der Waals surface area contributed by atoms with Crippen LogP contribution in [-0.4, -0.2) is 20.5 Å². The average Bonchev–Trinajstić information content (AvgIpc) is 2.28. The molecule has 0 aromatic heterocycles. The van der Waals surface area contributed by atoms with Gasteiger partial charge in [0.25, 0.3) is 0 Å². The van der Waals surface area contributed by atoms with E-state index < -0.39 is 0 Å². The molecule has 0 saturated heterocycles. The number of carbonyl (C=O) groups excluding carboxylic acids is 1. The molecule has 1 aromatic rings. The highest BCUT2D eigenvalue weighted by Crippen LogP contribution is 2.25. The van der Waals surface area contributed by atoms with Crippen molar-refractivity contribution in [1.82, 2.24) is 0 Å².